The Morgan fingerprint density at radius 2 is 2.00 bits per heavy atom. The molecular weight excluding hydrogens is 405 g/mol. The van der Waals surface area contributed by atoms with Gasteiger partial charge in [0.05, 0.1) is 0 Å². The highest BCUT2D eigenvalue weighted by Gasteiger charge is 2.03. The molecule has 1 atom stereocenters. The molecule has 0 amide bonds. The molecule has 0 aliphatic heterocycles. The van der Waals surface area contributed by atoms with Gasteiger partial charge in [-0.15, -0.1) is 24.0 Å². The number of nitrogens with one attached hydrogen (secondary N) is 1. The summed E-state index contributed by atoms with van der Waals surface area (Å²) in [5, 5.41) is 3.10. The van der Waals surface area contributed by atoms with Crippen LogP contribution in [0.2, 0.25) is 0 Å². The number of carbonyl (C=O) groups is 1. The summed E-state index contributed by atoms with van der Waals surface area (Å²) in [5.41, 5.74) is 6.76. The van der Waals surface area contributed by atoms with Gasteiger partial charge in [0, 0.05) is 19.0 Å². The molecular formula is C17H28IN3O2. The van der Waals surface area contributed by atoms with Crippen LogP contribution >= 0.6 is 24.0 Å². The average Bonchev–Trinajstić information content (AvgIpc) is 2.53. The van der Waals surface area contributed by atoms with Gasteiger partial charge in [-0.05, 0) is 31.7 Å². The predicted molar refractivity (Wildman–Crippen MR) is 105 cm³/mol. The first-order valence-electron chi connectivity index (χ1n) is 7.87. The highest BCUT2D eigenvalue weighted by Crippen LogP contribution is 2.04. The minimum Gasteiger partial charge on any atom is -0.461 e. The van der Waals surface area contributed by atoms with Gasteiger partial charge in [-0.25, -0.2) is 0 Å². The number of guanidine groups is 1. The molecule has 1 aromatic carbocycles. The van der Waals surface area contributed by atoms with Crippen LogP contribution in [-0.2, 0) is 16.1 Å². The van der Waals surface area contributed by atoms with Crippen molar-refractivity contribution in [3.05, 3.63) is 35.9 Å². The molecule has 5 nitrogen and oxygen atoms in total. The van der Waals surface area contributed by atoms with E-state index < -0.39 is 0 Å². The molecule has 3 N–H and O–H groups in total. The Morgan fingerprint density at radius 3 is 2.65 bits per heavy atom. The van der Waals surface area contributed by atoms with Crippen molar-refractivity contribution in [3.8, 4) is 0 Å². The molecule has 0 fully saturated rings. The van der Waals surface area contributed by atoms with Crippen molar-refractivity contribution in [1.82, 2.24) is 5.32 Å². The van der Waals surface area contributed by atoms with Crippen LogP contribution in [0.5, 0.6) is 0 Å². The molecule has 23 heavy (non-hydrogen) atoms. The molecule has 0 aromatic heterocycles. The van der Waals surface area contributed by atoms with Gasteiger partial charge in [0.1, 0.15) is 6.61 Å². The number of unbranched alkanes of at least 4 members (excludes halogenated alkanes) is 1. The zero-order valence-corrected chi connectivity index (χ0v) is 16.3. The molecule has 1 unspecified atom stereocenters. The van der Waals surface area contributed by atoms with Gasteiger partial charge in [0.25, 0.3) is 0 Å². The van der Waals surface area contributed by atoms with Gasteiger partial charge in [-0.3, -0.25) is 9.79 Å². The van der Waals surface area contributed by atoms with E-state index in [0.717, 1.165) is 24.8 Å². The lowest BCUT2D eigenvalue weighted by atomic mass is 10.2. The summed E-state index contributed by atoms with van der Waals surface area (Å²) in [4.78, 5) is 15.8. The van der Waals surface area contributed by atoms with E-state index in [1.54, 1.807) is 0 Å². The van der Waals surface area contributed by atoms with Gasteiger partial charge in [0.15, 0.2) is 5.96 Å². The SMILES string of the molecule is CCC(C)NC(N)=NCCCCC(=O)OCc1ccccc1.I. The summed E-state index contributed by atoms with van der Waals surface area (Å²) >= 11 is 0. The predicted octanol–water partition coefficient (Wildman–Crippen LogP) is 3.22. The number of aliphatic imine (C=N–C) groups is 1. The van der Waals surface area contributed by atoms with Gasteiger partial charge >= 0.3 is 5.97 Å². The molecule has 1 aromatic rings. The third-order valence-electron chi connectivity index (χ3n) is 3.32. The van der Waals surface area contributed by atoms with Crippen molar-refractivity contribution < 1.29 is 9.53 Å². The Morgan fingerprint density at radius 1 is 1.30 bits per heavy atom. The van der Waals surface area contributed by atoms with Crippen LogP contribution in [0.3, 0.4) is 0 Å². The standard InChI is InChI=1S/C17H27N3O2.HI/c1-3-14(2)20-17(18)19-12-8-7-11-16(21)22-13-15-9-5-4-6-10-15;/h4-6,9-10,14H,3,7-8,11-13H2,1-2H3,(H3,18,19,20);1H. The van der Waals surface area contributed by atoms with E-state index in [1.165, 1.54) is 0 Å². The maximum Gasteiger partial charge on any atom is 0.306 e. The Labute approximate surface area is 156 Å². The zero-order valence-electron chi connectivity index (χ0n) is 14.0. The second-order valence-electron chi connectivity index (χ2n) is 5.32. The second kappa shape index (κ2) is 13.2. The van der Waals surface area contributed by atoms with E-state index >= 15 is 0 Å². The average molecular weight is 433 g/mol. The molecule has 1 rings (SSSR count). The van der Waals surface area contributed by atoms with Crippen LogP contribution in [0.1, 0.15) is 45.1 Å². The van der Waals surface area contributed by atoms with E-state index in [1.807, 2.05) is 30.3 Å². The molecule has 0 saturated carbocycles. The van der Waals surface area contributed by atoms with Gasteiger partial charge < -0.3 is 15.8 Å². The molecule has 0 saturated heterocycles. The third kappa shape index (κ3) is 11.0. The summed E-state index contributed by atoms with van der Waals surface area (Å²) in [6.07, 6.45) is 3.00. The van der Waals surface area contributed by atoms with Crippen LogP contribution in [0.15, 0.2) is 35.3 Å². The number of benzene rings is 1. The fourth-order valence-corrected chi connectivity index (χ4v) is 1.79. The van der Waals surface area contributed by atoms with Crippen molar-refractivity contribution in [2.75, 3.05) is 6.54 Å². The van der Waals surface area contributed by atoms with Crippen LogP contribution < -0.4 is 11.1 Å². The van der Waals surface area contributed by atoms with Gasteiger partial charge in [-0.2, -0.15) is 0 Å². The smallest absolute Gasteiger partial charge is 0.306 e. The van der Waals surface area contributed by atoms with Crippen molar-refractivity contribution in [2.24, 2.45) is 10.7 Å². The lowest BCUT2D eigenvalue weighted by molar-refractivity contribution is -0.145. The number of hydrogen-bond acceptors (Lipinski definition) is 3. The quantitative estimate of drug-likeness (QED) is 0.206. The number of hydrogen-bond donors (Lipinski definition) is 2. The normalized spacial score (nSPS) is 12.2. The van der Waals surface area contributed by atoms with Crippen LogP contribution in [-0.4, -0.2) is 24.5 Å². The monoisotopic (exact) mass is 433 g/mol. The molecule has 0 radical (unpaired) electrons. The first kappa shape index (κ1) is 21.7. The molecule has 0 heterocycles. The highest BCUT2D eigenvalue weighted by molar-refractivity contribution is 14.0. The van der Waals surface area contributed by atoms with Crippen molar-refractivity contribution >= 4 is 35.9 Å². The Hall–Kier alpha value is -1.31. The van der Waals surface area contributed by atoms with Gasteiger partial charge in [-0.1, -0.05) is 37.3 Å². The first-order valence-corrected chi connectivity index (χ1v) is 7.87. The van der Waals surface area contributed by atoms with Crippen molar-refractivity contribution in [3.63, 3.8) is 0 Å². The molecule has 6 heteroatoms. The minimum atomic E-state index is -0.168. The Balaban J connectivity index is 0.00000484. The lowest BCUT2D eigenvalue weighted by Crippen LogP contribution is -2.38. The van der Waals surface area contributed by atoms with Crippen LogP contribution in [0.4, 0.5) is 0 Å². The number of nitrogens with two attached hydrogens (primary N) is 1. The van der Waals surface area contributed by atoms with E-state index in [-0.39, 0.29) is 29.9 Å². The minimum absolute atomic E-state index is 0. The third-order valence-corrected chi connectivity index (χ3v) is 3.32. The van der Waals surface area contributed by atoms with Crippen LogP contribution in [0, 0.1) is 0 Å². The van der Waals surface area contributed by atoms with E-state index in [4.69, 9.17) is 10.5 Å². The fraction of sp³-hybridized carbons (Fsp3) is 0.529. The number of esters is 1. The zero-order chi connectivity index (χ0) is 16.2. The molecule has 0 spiro atoms. The number of nitrogens with zero attached hydrogens (tertiary/aromatic N) is 1. The summed E-state index contributed by atoms with van der Waals surface area (Å²) in [6.45, 7) is 5.11. The summed E-state index contributed by atoms with van der Waals surface area (Å²) < 4.78 is 5.21. The summed E-state index contributed by atoms with van der Waals surface area (Å²) in [7, 11) is 0. The number of rotatable bonds is 9. The van der Waals surface area contributed by atoms with Gasteiger partial charge in [0.2, 0.25) is 0 Å². The number of ether oxygens (including phenoxy) is 1. The van der Waals surface area contributed by atoms with Crippen LogP contribution in [0.25, 0.3) is 0 Å². The topological polar surface area (TPSA) is 76.7 Å². The second-order valence-corrected chi connectivity index (χ2v) is 5.32. The summed E-state index contributed by atoms with van der Waals surface area (Å²) in [6, 6.07) is 10.0. The molecule has 0 aliphatic rings. The molecule has 0 aliphatic carbocycles. The maximum absolute atomic E-state index is 11.6. The van der Waals surface area contributed by atoms with E-state index in [0.29, 0.717) is 31.6 Å². The molecule has 0 bridgehead atoms. The Bertz CT molecular complexity index is 466. The maximum atomic E-state index is 11.6. The first-order chi connectivity index (χ1) is 10.6. The highest BCUT2D eigenvalue weighted by atomic mass is 127. The van der Waals surface area contributed by atoms with Crippen molar-refractivity contribution in [2.45, 2.75) is 52.2 Å². The van der Waals surface area contributed by atoms with E-state index in [2.05, 4.69) is 24.2 Å². The van der Waals surface area contributed by atoms with E-state index in [9.17, 15) is 4.79 Å². The largest absolute Gasteiger partial charge is 0.461 e. The summed E-state index contributed by atoms with van der Waals surface area (Å²) in [5.74, 6) is 0.305. The number of halogens is 1. The number of carbonyl (C=O) groups excluding carboxylic acids is 1. The Kier molecular flexibility index (Phi) is 12.4. The lowest BCUT2D eigenvalue weighted by Gasteiger charge is -2.11. The van der Waals surface area contributed by atoms with Crippen molar-refractivity contribution in [1.29, 1.82) is 0 Å². The fourth-order valence-electron chi connectivity index (χ4n) is 1.79. The molecule has 130 valence electrons.